The van der Waals surface area contributed by atoms with Gasteiger partial charge in [-0.15, -0.1) is 11.3 Å². The van der Waals surface area contributed by atoms with Gasteiger partial charge in [-0.25, -0.2) is 9.97 Å². The van der Waals surface area contributed by atoms with E-state index in [9.17, 15) is 0 Å². The molecule has 0 saturated carbocycles. The molecule has 8 heterocycles. The van der Waals surface area contributed by atoms with Crippen LogP contribution in [-0.4, -0.2) is 66.1 Å². The number of aryl methyl sites for hydroxylation is 4. The smallest absolute Gasteiger partial charge is 0.142 e. The van der Waals surface area contributed by atoms with Crippen molar-refractivity contribution in [3.63, 3.8) is 0 Å². The molecule has 21 heteroatoms. The Kier molecular flexibility index (Phi) is 26.4. The molecule has 16 rings (SSSR count). The average Bonchev–Trinajstić information content (AvgIpc) is 1.87. The number of benzene rings is 8. The summed E-state index contributed by atoms with van der Waals surface area (Å²) in [5.74, 6) is 6.36. The number of hydrogen-bond donors (Lipinski definition) is 3. The zero-order valence-electron chi connectivity index (χ0n) is 52.5. The Bertz CT molecular complexity index is 4220. The number of fused-ring (bicyclic) bond motifs is 8. The zero-order valence-corrected chi connectivity index (χ0v) is 58.6. The topological polar surface area (TPSA) is 147 Å². The second-order valence-electron chi connectivity index (χ2n) is 22.0. The van der Waals surface area contributed by atoms with E-state index < -0.39 is 0 Å². The largest absolute Gasteiger partial charge is 0.497 e. The Labute approximate surface area is 587 Å². The van der Waals surface area contributed by atoms with E-state index >= 15 is 0 Å². The van der Waals surface area contributed by atoms with Crippen LogP contribution in [-0.2, 0) is 6.42 Å². The third kappa shape index (κ3) is 21.3. The van der Waals surface area contributed by atoms with Gasteiger partial charge in [-0.1, -0.05) is 88.6 Å². The molecule has 4 atom stereocenters. The molecular formula is C73H73Cl7N6O7S. The first-order valence-electron chi connectivity index (χ1n) is 29.7. The Morgan fingerprint density at radius 1 is 0.436 bits per heavy atom. The van der Waals surface area contributed by atoms with Crippen LogP contribution in [0.2, 0.25) is 35.2 Å². The molecule has 0 spiro atoms. The molecule has 0 fully saturated rings. The first kappa shape index (κ1) is 72.3. The van der Waals surface area contributed by atoms with Gasteiger partial charge < -0.3 is 48.5 Å². The van der Waals surface area contributed by atoms with Crippen LogP contribution in [0.3, 0.4) is 0 Å². The van der Waals surface area contributed by atoms with Crippen molar-refractivity contribution in [2.24, 2.45) is 0 Å². The number of anilines is 3. The van der Waals surface area contributed by atoms with Crippen LogP contribution >= 0.6 is 92.5 Å². The lowest BCUT2D eigenvalue weighted by Gasteiger charge is -2.24. The monoisotopic (exact) mass is 1420 g/mol. The molecule has 0 aliphatic carbocycles. The Morgan fingerprint density at radius 3 is 1.39 bits per heavy atom. The van der Waals surface area contributed by atoms with E-state index in [1.54, 1.807) is 24.6 Å². The van der Waals surface area contributed by atoms with Gasteiger partial charge in [-0.2, -0.15) is 0 Å². The van der Waals surface area contributed by atoms with Crippen LogP contribution in [0.15, 0.2) is 173 Å². The van der Waals surface area contributed by atoms with Crippen LogP contribution in [0.5, 0.6) is 28.7 Å². The Hall–Kier alpha value is -7.50. The van der Waals surface area contributed by atoms with E-state index in [1.807, 2.05) is 206 Å². The standard InChI is InChI=1S/C10H10O2.C9H7ClN2.3C9H10ClNO.C9H9ClO.C9H7ClO.C8H6ClNS.CH4/c1-7-5-8-6-9(11-2)3-4-10(8)12-7;1-6-5-11-9-4-7(10)2-3-8(9)12-6;3*1-6-5-11-8-4-7(10)2-3-9(8)12-6;2*1-6-4-7-5-8(10)2-3-9(7)11-6;1-5-10-7-4-6(9)2-3-8(7)11-5;/h3-6H,1-2H3;2-5H,1H3;3*2-4,6,11H,5H2,1H3;2-3,5-6H,4H2,1H3;2-5H,1H3;2-4H,1H3;1H4/t;;2*6-;;;;;/m..10...../s1. The van der Waals surface area contributed by atoms with Crippen LogP contribution in [0.1, 0.15) is 62.9 Å². The summed E-state index contributed by atoms with van der Waals surface area (Å²) in [4.78, 5) is 12.8. The summed E-state index contributed by atoms with van der Waals surface area (Å²) in [6, 6.07) is 49.2. The first-order chi connectivity index (χ1) is 44.6. The van der Waals surface area contributed by atoms with Crippen molar-refractivity contribution < 1.29 is 32.5 Å². The molecular weight excluding hydrogens is 1350 g/mol. The van der Waals surface area contributed by atoms with Gasteiger partial charge in [0.15, 0.2) is 0 Å². The van der Waals surface area contributed by atoms with Crippen molar-refractivity contribution in [2.45, 2.75) is 93.7 Å². The zero-order chi connectivity index (χ0) is 66.3. The number of hydrogen-bond acceptors (Lipinski definition) is 14. The van der Waals surface area contributed by atoms with Gasteiger partial charge in [-0.3, -0.25) is 4.98 Å². The first-order valence-corrected chi connectivity index (χ1v) is 33.2. The molecule has 4 aliphatic rings. The van der Waals surface area contributed by atoms with Gasteiger partial charge in [0.25, 0.3) is 0 Å². The fourth-order valence-electron chi connectivity index (χ4n) is 9.68. The number of methoxy groups -OCH3 is 1. The van der Waals surface area contributed by atoms with Gasteiger partial charge in [-0.05, 0) is 219 Å². The molecule has 0 bridgehead atoms. The quantitative estimate of drug-likeness (QED) is 0.143. The summed E-state index contributed by atoms with van der Waals surface area (Å²) in [5, 5.41) is 18.2. The molecule has 0 radical (unpaired) electrons. The SMILES string of the molecule is C.CC1CNc2cc(Cl)ccc2O1.CC1Cc2cc(Cl)ccc2O1.COc1ccc2oc(C)cc2c1.C[C@@H]1CNc2cc(Cl)ccc2O1.C[C@H]1CNc2cc(Cl)ccc2O1.Cc1cc2cc(Cl)ccc2o1.Cc1cnc2cc(Cl)ccc2n1.Cc1nc2cc(Cl)ccc2s1. The number of thiazole rings is 1. The van der Waals surface area contributed by atoms with E-state index in [1.165, 1.54) is 10.3 Å². The second kappa shape index (κ2) is 34.3. The maximum Gasteiger partial charge on any atom is 0.142 e. The van der Waals surface area contributed by atoms with Crippen molar-refractivity contribution in [1.29, 1.82) is 0 Å². The van der Waals surface area contributed by atoms with Gasteiger partial charge in [0, 0.05) is 58.5 Å². The maximum atomic E-state index is 5.82. The lowest BCUT2D eigenvalue weighted by atomic mass is 10.1. The lowest BCUT2D eigenvalue weighted by Crippen LogP contribution is -2.27. The number of ether oxygens (including phenoxy) is 5. The molecule has 12 aromatic rings. The Balaban J connectivity index is 0.000000138. The van der Waals surface area contributed by atoms with Crippen LogP contribution in [0.25, 0.3) is 43.2 Å². The van der Waals surface area contributed by atoms with Gasteiger partial charge in [0.1, 0.15) is 75.8 Å². The minimum absolute atomic E-state index is 0. The van der Waals surface area contributed by atoms with E-state index in [0.717, 1.165) is 163 Å². The summed E-state index contributed by atoms with van der Waals surface area (Å²) in [5.41, 5.74) is 9.64. The van der Waals surface area contributed by atoms with Gasteiger partial charge >= 0.3 is 0 Å². The number of furan rings is 2. The predicted octanol–water partition coefficient (Wildman–Crippen LogP) is 22.9. The molecule has 8 aromatic carbocycles. The number of nitrogens with zero attached hydrogens (tertiary/aromatic N) is 3. The number of rotatable bonds is 1. The molecule has 2 unspecified atom stereocenters. The summed E-state index contributed by atoms with van der Waals surface area (Å²) >= 11 is 42.3. The maximum absolute atomic E-state index is 5.82. The number of nitrogens with one attached hydrogen (secondary N) is 3. The predicted molar refractivity (Wildman–Crippen MR) is 394 cm³/mol. The van der Waals surface area contributed by atoms with E-state index in [2.05, 4.69) is 37.8 Å². The van der Waals surface area contributed by atoms with Crippen LogP contribution < -0.4 is 39.6 Å². The van der Waals surface area contributed by atoms with Gasteiger partial charge in [0.05, 0.1) is 75.8 Å². The van der Waals surface area contributed by atoms with Crippen molar-refractivity contribution in [3.05, 3.63) is 227 Å². The molecule has 4 aliphatic heterocycles. The molecule has 94 heavy (non-hydrogen) atoms. The minimum Gasteiger partial charge on any atom is -0.497 e. The van der Waals surface area contributed by atoms with Crippen molar-refractivity contribution >= 4 is 153 Å². The summed E-state index contributed by atoms with van der Waals surface area (Å²) in [6.07, 6.45) is 3.73. The van der Waals surface area contributed by atoms with E-state index in [-0.39, 0.29) is 25.7 Å². The van der Waals surface area contributed by atoms with E-state index in [0.29, 0.717) is 11.1 Å². The molecule has 0 amide bonds. The van der Waals surface area contributed by atoms with Gasteiger partial charge in [0.2, 0.25) is 0 Å². The molecule has 0 saturated heterocycles. The highest BCUT2D eigenvalue weighted by Crippen LogP contribution is 2.35. The molecule has 4 aromatic heterocycles. The highest BCUT2D eigenvalue weighted by molar-refractivity contribution is 7.18. The molecule has 492 valence electrons. The minimum atomic E-state index is 0. The fourth-order valence-corrected chi connectivity index (χ4v) is 11.7. The van der Waals surface area contributed by atoms with E-state index in [4.69, 9.17) is 114 Å². The average molecular weight is 1430 g/mol. The Morgan fingerprint density at radius 2 is 0.862 bits per heavy atom. The molecule has 3 N–H and O–H groups in total. The summed E-state index contributed by atoms with van der Waals surface area (Å²) in [6.45, 7) is 18.5. The summed E-state index contributed by atoms with van der Waals surface area (Å²) < 4.78 is 39.3. The third-order valence-electron chi connectivity index (χ3n) is 13.9. The van der Waals surface area contributed by atoms with Crippen LogP contribution in [0.4, 0.5) is 17.1 Å². The fraction of sp³-hybridized carbons (Fsp3) is 0.247. The third-order valence-corrected chi connectivity index (χ3v) is 16.5. The van der Waals surface area contributed by atoms with Crippen molar-refractivity contribution in [1.82, 2.24) is 15.0 Å². The lowest BCUT2D eigenvalue weighted by molar-refractivity contribution is 0.226. The number of aromatic nitrogens is 3. The summed E-state index contributed by atoms with van der Waals surface area (Å²) in [7, 11) is 1.66. The highest BCUT2D eigenvalue weighted by Gasteiger charge is 2.19. The van der Waals surface area contributed by atoms with Crippen molar-refractivity contribution in [3.8, 4) is 28.7 Å². The normalized spacial score (nSPS) is 15.6. The number of halogens is 7. The second-order valence-corrected chi connectivity index (χ2v) is 26.3. The van der Waals surface area contributed by atoms with Crippen molar-refractivity contribution in [2.75, 3.05) is 42.7 Å². The highest BCUT2D eigenvalue weighted by atomic mass is 35.5. The van der Waals surface area contributed by atoms with Crippen LogP contribution in [0, 0.1) is 27.7 Å². The molecule has 13 nitrogen and oxygen atoms in total.